The highest BCUT2D eigenvalue weighted by molar-refractivity contribution is 8.00. The fraction of sp³-hybridized carbons (Fsp3) is 0.0278. The van der Waals surface area contributed by atoms with Gasteiger partial charge in [-0.3, -0.25) is 24.5 Å². The van der Waals surface area contributed by atoms with Crippen molar-refractivity contribution < 1.29 is 19.3 Å². The van der Waals surface area contributed by atoms with Crippen LogP contribution in [-0.2, 0) is 9.59 Å². The van der Waals surface area contributed by atoms with Crippen molar-refractivity contribution in [2.45, 2.75) is 10.1 Å². The first kappa shape index (κ1) is 33.9. The van der Waals surface area contributed by atoms with Crippen LogP contribution < -0.4 is 16.0 Å². The quantitative estimate of drug-likeness (QED) is 0.0548. The predicted octanol–water partition coefficient (Wildman–Crippen LogP) is 8.78. The fourth-order valence-corrected chi connectivity index (χ4v) is 5.93. The molecule has 0 aromatic heterocycles. The number of nitro groups is 1. The van der Waals surface area contributed by atoms with Crippen LogP contribution in [0.1, 0.15) is 26.7 Å². The number of halogens is 2. The highest BCUT2D eigenvalue weighted by Gasteiger charge is 2.23. The van der Waals surface area contributed by atoms with Gasteiger partial charge in [0, 0.05) is 34.0 Å². The molecule has 0 aliphatic heterocycles. The van der Waals surface area contributed by atoms with Crippen LogP contribution in [-0.4, -0.2) is 22.6 Å². The summed E-state index contributed by atoms with van der Waals surface area (Å²) >= 11 is 13.8. The molecule has 1 unspecified atom stereocenters. The largest absolute Gasteiger partial charge is 0.325 e. The number of hydrogen-bond donors (Lipinski definition) is 3. The van der Waals surface area contributed by atoms with E-state index in [0.29, 0.717) is 27.4 Å². The maximum Gasteiger partial charge on any atom is 0.272 e. The van der Waals surface area contributed by atoms with E-state index in [4.69, 9.17) is 23.2 Å². The van der Waals surface area contributed by atoms with Crippen LogP contribution in [0.4, 0.5) is 17.1 Å². The second-order valence-corrected chi connectivity index (χ2v) is 12.2. The van der Waals surface area contributed by atoms with Crippen molar-refractivity contribution >= 4 is 75.8 Å². The van der Waals surface area contributed by atoms with E-state index in [1.54, 1.807) is 72.8 Å². The minimum Gasteiger partial charge on any atom is -0.325 e. The van der Waals surface area contributed by atoms with Crippen molar-refractivity contribution in [3.05, 3.63) is 170 Å². The highest BCUT2D eigenvalue weighted by atomic mass is 35.5. The molecule has 0 aliphatic carbocycles. The number of hydrogen-bond acceptors (Lipinski definition) is 6. The Kier molecular flexibility index (Phi) is 11.3. The van der Waals surface area contributed by atoms with E-state index in [2.05, 4.69) is 16.0 Å². The maximum atomic E-state index is 13.6. The Morgan fingerprint density at radius 1 is 0.750 bits per heavy atom. The minimum atomic E-state index is -0.710. The molecule has 3 N–H and O–H groups in total. The molecule has 0 saturated carbocycles. The number of benzene rings is 5. The predicted molar refractivity (Wildman–Crippen MR) is 190 cm³/mol. The lowest BCUT2D eigenvalue weighted by atomic mass is 10.1. The van der Waals surface area contributed by atoms with E-state index >= 15 is 0 Å². The first-order valence-corrected chi connectivity index (χ1v) is 16.0. The van der Waals surface area contributed by atoms with E-state index in [1.807, 2.05) is 30.3 Å². The number of amides is 3. The Labute approximate surface area is 290 Å². The average Bonchev–Trinajstić information content (AvgIpc) is 3.10. The van der Waals surface area contributed by atoms with E-state index < -0.39 is 22.0 Å². The molecule has 5 rings (SSSR count). The number of non-ortho nitro benzene ring substituents is 1. The molecule has 0 fully saturated rings. The number of nitrogens with one attached hydrogen (secondary N) is 3. The van der Waals surface area contributed by atoms with Gasteiger partial charge in [-0.25, -0.2) is 0 Å². The van der Waals surface area contributed by atoms with Gasteiger partial charge in [-0.15, -0.1) is 11.8 Å². The molecule has 0 spiro atoms. The van der Waals surface area contributed by atoms with Gasteiger partial charge >= 0.3 is 0 Å². The monoisotopic (exact) mass is 696 g/mol. The molecule has 1 atom stereocenters. The molecule has 5 aromatic rings. The molecular weight excluding hydrogens is 671 g/mol. The molecule has 0 radical (unpaired) electrons. The Bertz CT molecular complexity index is 1990. The Morgan fingerprint density at radius 3 is 2.10 bits per heavy atom. The third-order valence-electron chi connectivity index (χ3n) is 6.84. The summed E-state index contributed by atoms with van der Waals surface area (Å²) in [6, 6.07) is 35.0. The second-order valence-electron chi connectivity index (χ2n) is 10.2. The number of carbonyl (C=O) groups excluding carboxylic acids is 3. The number of anilines is 2. The Balaban J connectivity index is 1.38. The van der Waals surface area contributed by atoms with Crippen LogP contribution in [0.15, 0.2) is 138 Å². The minimum absolute atomic E-state index is 0.0734. The maximum absolute atomic E-state index is 13.6. The molecule has 9 nitrogen and oxygen atoms in total. The molecule has 240 valence electrons. The molecule has 0 bridgehead atoms. The average molecular weight is 698 g/mol. The summed E-state index contributed by atoms with van der Waals surface area (Å²) in [5.41, 5.74) is 2.16. The van der Waals surface area contributed by atoms with Crippen LogP contribution >= 0.6 is 35.0 Å². The molecule has 3 amide bonds. The molecule has 12 heteroatoms. The van der Waals surface area contributed by atoms with Gasteiger partial charge in [0.1, 0.15) is 10.9 Å². The SMILES string of the molecule is O=C(Nc1cccc(SC(C(=O)Nc2ccc([N+](=O)[O-])cc2)c2ccccc2)c1)/C(=C\c1cccc(Cl)c1Cl)NC(=O)c1ccccc1. The van der Waals surface area contributed by atoms with Crippen LogP contribution in [0.2, 0.25) is 10.0 Å². The van der Waals surface area contributed by atoms with Crippen molar-refractivity contribution in [2.75, 3.05) is 10.6 Å². The second kappa shape index (κ2) is 15.9. The van der Waals surface area contributed by atoms with Crippen molar-refractivity contribution in [3.63, 3.8) is 0 Å². The van der Waals surface area contributed by atoms with Gasteiger partial charge in [0.25, 0.3) is 17.5 Å². The smallest absolute Gasteiger partial charge is 0.272 e. The first-order chi connectivity index (χ1) is 23.2. The Morgan fingerprint density at radius 2 is 1.42 bits per heavy atom. The number of thioether (sulfide) groups is 1. The zero-order chi connectivity index (χ0) is 34.0. The van der Waals surface area contributed by atoms with Gasteiger partial charge in [-0.1, -0.05) is 89.9 Å². The third-order valence-corrected chi connectivity index (χ3v) is 8.92. The normalized spacial score (nSPS) is 11.7. The highest BCUT2D eigenvalue weighted by Crippen LogP contribution is 2.37. The lowest BCUT2D eigenvalue weighted by Crippen LogP contribution is -2.30. The van der Waals surface area contributed by atoms with Gasteiger partial charge in [-0.2, -0.15) is 0 Å². The lowest BCUT2D eigenvalue weighted by molar-refractivity contribution is -0.384. The molecule has 0 aliphatic rings. The topological polar surface area (TPSA) is 130 Å². The molecule has 0 heterocycles. The zero-order valence-electron chi connectivity index (χ0n) is 24.9. The summed E-state index contributed by atoms with van der Waals surface area (Å²) < 4.78 is 0. The molecule has 48 heavy (non-hydrogen) atoms. The van der Waals surface area contributed by atoms with E-state index in [-0.39, 0.29) is 27.3 Å². The van der Waals surface area contributed by atoms with E-state index in [1.165, 1.54) is 42.1 Å². The third kappa shape index (κ3) is 8.89. The van der Waals surface area contributed by atoms with Gasteiger partial charge in [0.05, 0.1) is 15.0 Å². The van der Waals surface area contributed by atoms with E-state index in [9.17, 15) is 24.5 Å². The van der Waals surface area contributed by atoms with Gasteiger partial charge in [-0.05, 0) is 65.7 Å². The molecule has 0 saturated heterocycles. The summed E-state index contributed by atoms with van der Waals surface area (Å²) in [6.07, 6.45) is 1.44. The van der Waals surface area contributed by atoms with Crippen molar-refractivity contribution in [3.8, 4) is 0 Å². The van der Waals surface area contributed by atoms with Crippen LogP contribution in [0.5, 0.6) is 0 Å². The van der Waals surface area contributed by atoms with Crippen molar-refractivity contribution in [2.24, 2.45) is 0 Å². The number of carbonyl (C=O) groups is 3. The van der Waals surface area contributed by atoms with E-state index in [0.717, 1.165) is 5.56 Å². The molecule has 5 aromatic carbocycles. The standard InChI is InChI=1S/C36H26Cl2N4O5S/c37-30-16-7-13-25(32(30)38)21-31(41-34(43)24-11-5-2-6-12-24)35(44)40-27-14-8-15-29(22-27)48-33(23-9-3-1-4-10-23)36(45)39-26-17-19-28(20-18-26)42(46)47/h1-22,33H,(H,39,45)(H,40,44)(H,41,43)/b31-21+. The number of nitrogens with zero attached hydrogens (tertiary/aromatic N) is 1. The number of rotatable bonds is 11. The first-order valence-electron chi connectivity index (χ1n) is 14.4. The van der Waals surface area contributed by atoms with Crippen LogP contribution in [0.3, 0.4) is 0 Å². The van der Waals surface area contributed by atoms with Crippen LogP contribution in [0.25, 0.3) is 6.08 Å². The summed E-state index contributed by atoms with van der Waals surface area (Å²) in [5.74, 6) is -1.46. The zero-order valence-corrected chi connectivity index (χ0v) is 27.3. The summed E-state index contributed by atoms with van der Waals surface area (Å²) in [7, 11) is 0. The molecular formula is C36H26Cl2N4O5S. The summed E-state index contributed by atoms with van der Waals surface area (Å²) in [6.45, 7) is 0. The van der Waals surface area contributed by atoms with Gasteiger partial charge < -0.3 is 16.0 Å². The summed E-state index contributed by atoms with van der Waals surface area (Å²) in [5, 5.41) is 19.2. The van der Waals surface area contributed by atoms with Gasteiger partial charge in [0.2, 0.25) is 5.91 Å². The summed E-state index contributed by atoms with van der Waals surface area (Å²) in [4.78, 5) is 51.4. The van der Waals surface area contributed by atoms with Crippen LogP contribution in [0, 0.1) is 10.1 Å². The van der Waals surface area contributed by atoms with Crippen molar-refractivity contribution in [1.29, 1.82) is 0 Å². The fourth-order valence-electron chi connectivity index (χ4n) is 4.49. The number of nitro benzene ring substituents is 1. The lowest BCUT2D eigenvalue weighted by Gasteiger charge is -2.18. The van der Waals surface area contributed by atoms with Crippen molar-refractivity contribution in [1.82, 2.24) is 5.32 Å². The Hall–Kier alpha value is -5.42. The van der Waals surface area contributed by atoms with Gasteiger partial charge in [0.15, 0.2) is 0 Å².